The molecule has 1 aliphatic rings. The first-order valence-electron chi connectivity index (χ1n) is 11.1. The summed E-state index contributed by atoms with van der Waals surface area (Å²) >= 11 is 0. The number of para-hydroxylation sites is 2. The predicted octanol–water partition coefficient (Wildman–Crippen LogP) is 5.33. The zero-order valence-corrected chi connectivity index (χ0v) is 18.1. The molecule has 1 fully saturated rings. The van der Waals surface area contributed by atoms with Gasteiger partial charge in [-0.25, -0.2) is 4.98 Å². The van der Waals surface area contributed by atoms with Gasteiger partial charge in [0.05, 0.1) is 23.4 Å². The number of aromatic amines is 1. The van der Waals surface area contributed by atoms with Crippen molar-refractivity contribution in [2.45, 2.75) is 19.8 Å². The van der Waals surface area contributed by atoms with Crippen molar-refractivity contribution in [3.63, 3.8) is 0 Å². The number of hydrogen-bond acceptors (Lipinski definition) is 5. The van der Waals surface area contributed by atoms with Gasteiger partial charge < -0.3 is 19.9 Å². The van der Waals surface area contributed by atoms with Gasteiger partial charge in [0.15, 0.2) is 0 Å². The van der Waals surface area contributed by atoms with E-state index in [9.17, 15) is 4.79 Å². The second-order valence-corrected chi connectivity index (χ2v) is 7.93. The Kier molecular flexibility index (Phi) is 5.50. The Labute approximate surface area is 186 Å². The van der Waals surface area contributed by atoms with Crippen molar-refractivity contribution in [2.24, 2.45) is 0 Å². The topological polar surface area (TPSA) is 70.2 Å². The molecule has 3 heterocycles. The summed E-state index contributed by atoms with van der Waals surface area (Å²) < 4.78 is 5.76. The quantitative estimate of drug-likeness (QED) is 0.436. The monoisotopic (exact) mass is 426 g/mol. The van der Waals surface area contributed by atoms with Crippen LogP contribution in [0.1, 0.15) is 19.8 Å². The molecule has 32 heavy (non-hydrogen) atoms. The lowest BCUT2D eigenvalue weighted by Crippen LogP contribution is -2.17. The molecule has 0 saturated carbocycles. The van der Waals surface area contributed by atoms with Crippen molar-refractivity contribution < 1.29 is 4.74 Å². The Bertz CT molecular complexity index is 1310. The lowest BCUT2D eigenvalue weighted by molar-refractivity contribution is 0.342. The van der Waals surface area contributed by atoms with Gasteiger partial charge in [0.25, 0.3) is 5.56 Å². The second kappa shape index (κ2) is 8.75. The van der Waals surface area contributed by atoms with Crippen molar-refractivity contribution in [3.05, 3.63) is 77.2 Å². The predicted molar refractivity (Wildman–Crippen MR) is 130 cm³/mol. The maximum atomic E-state index is 12.7. The maximum absolute atomic E-state index is 12.7. The molecular formula is C26H26N4O2. The van der Waals surface area contributed by atoms with Gasteiger partial charge >= 0.3 is 0 Å². The normalized spacial score (nSPS) is 13.5. The summed E-state index contributed by atoms with van der Waals surface area (Å²) in [6, 6.07) is 20.1. The summed E-state index contributed by atoms with van der Waals surface area (Å²) in [5, 5.41) is 4.72. The van der Waals surface area contributed by atoms with Crippen molar-refractivity contribution >= 4 is 28.0 Å². The molecule has 0 amide bonds. The first-order chi connectivity index (χ1) is 15.7. The minimum atomic E-state index is -0.177. The largest absolute Gasteiger partial charge is 0.492 e. The third kappa shape index (κ3) is 3.91. The fourth-order valence-corrected chi connectivity index (χ4v) is 4.27. The Morgan fingerprint density at radius 2 is 1.91 bits per heavy atom. The zero-order chi connectivity index (χ0) is 21.9. The van der Waals surface area contributed by atoms with Crippen LogP contribution in [0.2, 0.25) is 0 Å². The number of fused-ring (bicyclic) bond motifs is 1. The molecule has 6 nitrogen and oxygen atoms in total. The fourth-order valence-electron chi connectivity index (χ4n) is 4.27. The molecule has 0 radical (unpaired) electrons. The molecule has 0 unspecified atom stereocenters. The molecule has 4 aromatic rings. The van der Waals surface area contributed by atoms with E-state index in [0.29, 0.717) is 17.8 Å². The van der Waals surface area contributed by atoms with Crippen LogP contribution in [0.15, 0.2) is 71.7 Å². The molecule has 0 spiro atoms. The van der Waals surface area contributed by atoms with Gasteiger partial charge in [-0.3, -0.25) is 4.79 Å². The van der Waals surface area contributed by atoms with E-state index in [1.54, 1.807) is 6.20 Å². The Morgan fingerprint density at radius 1 is 1.06 bits per heavy atom. The lowest BCUT2D eigenvalue weighted by atomic mass is 10.1. The number of aromatic nitrogens is 2. The SMILES string of the molecule is CCOc1ccccc1Nc1nc(-c2cccc(N3CCCC3)c2)cc2cc[nH]c(=O)c12. The van der Waals surface area contributed by atoms with E-state index in [-0.39, 0.29) is 5.56 Å². The minimum Gasteiger partial charge on any atom is -0.492 e. The number of benzene rings is 2. The number of nitrogens with zero attached hydrogens (tertiary/aromatic N) is 2. The molecule has 2 aromatic carbocycles. The maximum Gasteiger partial charge on any atom is 0.259 e. The number of ether oxygens (including phenoxy) is 1. The average Bonchev–Trinajstić information content (AvgIpc) is 3.36. The van der Waals surface area contributed by atoms with E-state index >= 15 is 0 Å². The number of hydrogen-bond donors (Lipinski definition) is 2. The van der Waals surface area contributed by atoms with Gasteiger partial charge in [-0.15, -0.1) is 0 Å². The standard InChI is InChI=1S/C26H26N4O2/c1-2-32-23-11-4-3-10-21(23)28-25-24-19(12-13-27-26(24)31)17-22(29-25)18-8-7-9-20(16-18)30-14-5-6-15-30/h3-4,7-13,16-17H,2,5-6,14-15H2,1H3,(H,27,31)(H,28,29). The third-order valence-corrected chi connectivity index (χ3v) is 5.81. The van der Waals surface area contributed by atoms with Crippen molar-refractivity contribution in [3.8, 4) is 17.0 Å². The van der Waals surface area contributed by atoms with Crippen LogP contribution < -0.4 is 20.5 Å². The molecule has 2 aromatic heterocycles. The van der Waals surface area contributed by atoms with Gasteiger partial charge in [0.1, 0.15) is 11.6 Å². The van der Waals surface area contributed by atoms with Gasteiger partial charge in [0.2, 0.25) is 0 Å². The molecule has 162 valence electrons. The smallest absolute Gasteiger partial charge is 0.259 e. The second-order valence-electron chi connectivity index (χ2n) is 7.93. The number of anilines is 3. The van der Waals surface area contributed by atoms with E-state index < -0.39 is 0 Å². The van der Waals surface area contributed by atoms with Gasteiger partial charge in [0, 0.05) is 30.5 Å². The lowest BCUT2D eigenvalue weighted by Gasteiger charge is -2.19. The Hall–Kier alpha value is -3.80. The highest BCUT2D eigenvalue weighted by molar-refractivity contribution is 5.95. The zero-order valence-electron chi connectivity index (χ0n) is 18.1. The summed E-state index contributed by atoms with van der Waals surface area (Å²) in [6.45, 7) is 4.68. The van der Waals surface area contributed by atoms with Gasteiger partial charge in [-0.05, 0) is 61.5 Å². The summed E-state index contributed by atoms with van der Waals surface area (Å²) in [6.07, 6.45) is 4.14. The molecule has 6 heteroatoms. The van der Waals surface area contributed by atoms with Crippen LogP contribution in [0, 0.1) is 0 Å². The molecular weight excluding hydrogens is 400 g/mol. The summed E-state index contributed by atoms with van der Waals surface area (Å²) in [4.78, 5) is 22.8. The van der Waals surface area contributed by atoms with Crippen LogP contribution in [0.5, 0.6) is 5.75 Å². The van der Waals surface area contributed by atoms with Crippen LogP contribution in [-0.4, -0.2) is 29.7 Å². The first-order valence-corrected chi connectivity index (χ1v) is 11.1. The first kappa shape index (κ1) is 20.1. The molecule has 2 N–H and O–H groups in total. The van der Waals surface area contributed by atoms with Crippen LogP contribution in [0.25, 0.3) is 22.0 Å². The van der Waals surface area contributed by atoms with E-state index in [1.807, 2.05) is 43.3 Å². The fraction of sp³-hybridized carbons (Fsp3) is 0.231. The van der Waals surface area contributed by atoms with Crippen LogP contribution in [0.4, 0.5) is 17.2 Å². The third-order valence-electron chi connectivity index (χ3n) is 5.81. The van der Waals surface area contributed by atoms with Gasteiger partial charge in [-0.1, -0.05) is 24.3 Å². The molecule has 0 bridgehead atoms. The number of rotatable bonds is 6. The summed E-state index contributed by atoms with van der Waals surface area (Å²) in [5.74, 6) is 1.23. The van der Waals surface area contributed by atoms with E-state index in [1.165, 1.54) is 18.5 Å². The van der Waals surface area contributed by atoms with E-state index in [2.05, 4.69) is 39.5 Å². The van der Waals surface area contributed by atoms with Gasteiger partial charge in [-0.2, -0.15) is 0 Å². The molecule has 1 aliphatic heterocycles. The Balaban J connectivity index is 1.62. The number of pyridine rings is 2. The Morgan fingerprint density at radius 3 is 2.75 bits per heavy atom. The van der Waals surface area contributed by atoms with E-state index in [0.717, 1.165) is 41.2 Å². The average molecular weight is 427 g/mol. The van der Waals surface area contributed by atoms with E-state index in [4.69, 9.17) is 9.72 Å². The highest BCUT2D eigenvalue weighted by Gasteiger charge is 2.16. The van der Waals surface area contributed by atoms with Crippen molar-refractivity contribution in [1.29, 1.82) is 0 Å². The molecule has 0 atom stereocenters. The minimum absolute atomic E-state index is 0.177. The summed E-state index contributed by atoms with van der Waals surface area (Å²) in [7, 11) is 0. The molecule has 5 rings (SSSR count). The van der Waals surface area contributed by atoms with Crippen LogP contribution in [0.3, 0.4) is 0 Å². The molecule has 1 saturated heterocycles. The van der Waals surface area contributed by atoms with Crippen molar-refractivity contribution in [1.82, 2.24) is 9.97 Å². The highest BCUT2D eigenvalue weighted by atomic mass is 16.5. The van der Waals surface area contributed by atoms with Crippen LogP contribution in [-0.2, 0) is 0 Å². The summed E-state index contributed by atoms with van der Waals surface area (Å²) in [5.41, 5.74) is 3.65. The van der Waals surface area contributed by atoms with Crippen molar-refractivity contribution in [2.75, 3.05) is 29.9 Å². The number of nitrogens with one attached hydrogen (secondary N) is 2. The highest BCUT2D eigenvalue weighted by Crippen LogP contribution is 2.33. The van der Waals surface area contributed by atoms with Crippen LogP contribution >= 0.6 is 0 Å². The number of H-pyrrole nitrogens is 1. The molecule has 0 aliphatic carbocycles.